The highest BCUT2D eigenvalue weighted by atomic mass is 16.7. The number of nitrogens with zero attached hydrogens (tertiary/aromatic N) is 1. The van der Waals surface area contributed by atoms with Gasteiger partial charge in [-0.25, -0.2) is 4.79 Å². The van der Waals surface area contributed by atoms with Gasteiger partial charge >= 0.3 is 6.03 Å². The molecule has 4 bridgehead atoms. The molecule has 3 unspecified atom stereocenters. The van der Waals surface area contributed by atoms with Crippen LogP contribution in [0.15, 0.2) is 48.5 Å². The first kappa shape index (κ1) is 29.8. The average Bonchev–Trinajstić information content (AvgIpc) is 3.49. The largest absolute Gasteiger partial charge is 0.392 e. The minimum Gasteiger partial charge on any atom is -0.392 e. The van der Waals surface area contributed by atoms with Crippen molar-refractivity contribution in [2.45, 2.75) is 94.2 Å². The van der Waals surface area contributed by atoms with Crippen LogP contribution in [0.5, 0.6) is 0 Å². The third kappa shape index (κ3) is 6.40. The minimum atomic E-state index is -0.529. The molecule has 7 fully saturated rings. The van der Waals surface area contributed by atoms with Crippen molar-refractivity contribution in [2.75, 3.05) is 38.2 Å². The topological polar surface area (TPSA) is 102 Å². The molecule has 3 atom stereocenters. The summed E-state index contributed by atoms with van der Waals surface area (Å²) in [4.78, 5) is 15.6. The summed E-state index contributed by atoms with van der Waals surface area (Å²) >= 11 is 0. The smallest absolute Gasteiger partial charge is 0.319 e. The van der Waals surface area contributed by atoms with E-state index >= 15 is 0 Å². The van der Waals surface area contributed by atoms with E-state index in [2.05, 4.69) is 15.5 Å². The number of aliphatic hydroxyl groups excluding tert-OH is 1. The lowest BCUT2D eigenvalue weighted by Crippen LogP contribution is -2.60. The number of likely N-dealkylation sites (tertiary alicyclic amines) is 1. The molecule has 4 saturated carbocycles. The molecule has 7 aliphatic rings. The Labute approximate surface area is 265 Å². The van der Waals surface area contributed by atoms with Crippen LogP contribution in [0.1, 0.15) is 86.9 Å². The maximum Gasteiger partial charge on any atom is 0.319 e. The second-order valence-corrected chi connectivity index (χ2v) is 14.7. The summed E-state index contributed by atoms with van der Waals surface area (Å²) in [6.07, 6.45) is 9.26. The molecule has 3 N–H and O–H groups in total. The maximum absolute atomic E-state index is 13.1. The lowest BCUT2D eigenvalue weighted by molar-refractivity contribution is -0.255. The Morgan fingerprint density at radius 2 is 1.44 bits per heavy atom. The van der Waals surface area contributed by atoms with E-state index in [-0.39, 0.29) is 30.4 Å². The van der Waals surface area contributed by atoms with Gasteiger partial charge in [0.1, 0.15) is 0 Å². The highest BCUT2D eigenvalue weighted by Crippen LogP contribution is 2.55. The fraction of sp³-hybridized carbons (Fsp3) is 0.639. The Kier molecular flexibility index (Phi) is 8.12. The van der Waals surface area contributed by atoms with E-state index in [9.17, 15) is 9.90 Å². The third-order valence-corrected chi connectivity index (χ3v) is 11.4. The molecule has 9 nitrogen and oxygen atoms in total. The minimum absolute atomic E-state index is 0.0188. The zero-order chi connectivity index (χ0) is 30.4. The van der Waals surface area contributed by atoms with E-state index in [1.165, 1.54) is 19.3 Å². The predicted octanol–water partition coefficient (Wildman–Crippen LogP) is 5.65. The van der Waals surface area contributed by atoms with Gasteiger partial charge in [0.05, 0.1) is 32.0 Å². The Hall–Kier alpha value is -2.53. The lowest BCUT2D eigenvalue weighted by atomic mass is 9.53. The predicted molar refractivity (Wildman–Crippen MR) is 168 cm³/mol. The normalized spacial score (nSPS) is 35.5. The van der Waals surface area contributed by atoms with Crippen LogP contribution < -0.4 is 10.6 Å². The summed E-state index contributed by atoms with van der Waals surface area (Å²) in [6.45, 7) is 4.02. The number of piperidine rings is 1. The molecule has 9 heteroatoms. The van der Waals surface area contributed by atoms with E-state index in [0.717, 1.165) is 98.3 Å². The second-order valence-electron chi connectivity index (χ2n) is 14.7. The van der Waals surface area contributed by atoms with Crippen molar-refractivity contribution in [3.8, 4) is 0 Å². The number of anilines is 1. The first-order valence-corrected chi connectivity index (χ1v) is 17.1. The lowest BCUT2D eigenvalue weighted by Gasteiger charge is -2.56. The highest BCUT2D eigenvalue weighted by Gasteiger charge is 2.51. The molecule has 4 aliphatic carbocycles. The van der Waals surface area contributed by atoms with Gasteiger partial charge in [-0.05, 0) is 79.5 Å². The molecule has 9 rings (SSSR count). The highest BCUT2D eigenvalue weighted by molar-refractivity contribution is 5.89. The van der Waals surface area contributed by atoms with Gasteiger partial charge in [-0.2, -0.15) is 0 Å². The van der Waals surface area contributed by atoms with Crippen molar-refractivity contribution in [1.82, 2.24) is 10.2 Å². The van der Waals surface area contributed by atoms with Crippen molar-refractivity contribution < 1.29 is 28.8 Å². The number of ether oxygens (including phenoxy) is 4. The number of rotatable bonds is 7. The second kappa shape index (κ2) is 12.2. The number of aliphatic hydroxyl groups is 1. The van der Waals surface area contributed by atoms with Crippen LogP contribution in [0.4, 0.5) is 10.5 Å². The van der Waals surface area contributed by atoms with Gasteiger partial charge in [0, 0.05) is 55.7 Å². The molecular weight excluding hydrogens is 570 g/mol. The first-order chi connectivity index (χ1) is 21.9. The number of amides is 2. The number of carbonyl (C=O) groups is 1. The standard InChI is InChI=1S/C36H47N3O6/c40-23-24-1-3-28(4-2-24)32-18-31(22-39-11-9-36(10-12-39)42-13-14-43-36)44-33(45-32)29-5-7-30(8-6-29)37-34(41)38-35-19-25-15-26(20-35)17-27(16-25)21-35/h1-8,25-27,31-33,40H,9-23H2,(H2,37,38,41). The van der Waals surface area contributed by atoms with Gasteiger partial charge in [-0.3, -0.25) is 0 Å². The van der Waals surface area contributed by atoms with Crippen molar-refractivity contribution in [1.29, 1.82) is 0 Å². The van der Waals surface area contributed by atoms with E-state index < -0.39 is 12.1 Å². The van der Waals surface area contributed by atoms with Gasteiger partial charge in [0.15, 0.2) is 12.1 Å². The number of carbonyl (C=O) groups excluding carboxylic acids is 1. The monoisotopic (exact) mass is 617 g/mol. The summed E-state index contributed by atoms with van der Waals surface area (Å²) in [5.74, 6) is 1.96. The van der Waals surface area contributed by atoms with E-state index in [0.29, 0.717) is 13.2 Å². The molecule has 2 aromatic carbocycles. The number of hydrogen-bond acceptors (Lipinski definition) is 7. The Morgan fingerprint density at radius 1 is 0.822 bits per heavy atom. The van der Waals surface area contributed by atoms with Gasteiger partial charge in [0.25, 0.3) is 0 Å². The van der Waals surface area contributed by atoms with Crippen LogP contribution in [-0.4, -0.2) is 66.3 Å². The third-order valence-electron chi connectivity index (χ3n) is 11.4. The molecule has 1 spiro atoms. The number of hydrogen-bond donors (Lipinski definition) is 3. The van der Waals surface area contributed by atoms with Crippen molar-refractivity contribution >= 4 is 11.7 Å². The molecule has 3 saturated heterocycles. The van der Waals surface area contributed by atoms with Gasteiger partial charge in [0.2, 0.25) is 0 Å². The van der Waals surface area contributed by atoms with Gasteiger partial charge in [-0.15, -0.1) is 0 Å². The van der Waals surface area contributed by atoms with Crippen LogP contribution in [0, 0.1) is 17.8 Å². The van der Waals surface area contributed by atoms with Crippen molar-refractivity contribution in [2.24, 2.45) is 17.8 Å². The fourth-order valence-electron chi connectivity index (χ4n) is 9.57. The Bertz CT molecular complexity index is 1300. The molecule has 45 heavy (non-hydrogen) atoms. The SMILES string of the molecule is O=C(Nc1ccc(C2OC(CN3CCC4(CC3)OCCO4)CC(c3ccc(CO)cc3)O2)cc1)NC12CC3CC(CC(C3)C1)C2. The Balaban J connectivity index is 0.927. The summed E-state index contributed by atoms with van der Waals surface area (Å²) < 4.78 is 25.0. The molecule has 0 aromatic heterocycles. The Morgan fingerprint density at radius 3 is 2.07 bits per heavy atom. The zero-order valence-corrected chi connectivity index (χ0v) is 26.1. The quantitative estimate of drug-likeness (QED) is 0.369. The molecular formula is C36H47N3O6. The summed E-state index contributed by atoms with van der Waals surface area (Å²) in [5.41, 5.74) is 3.63. The van der Waals surface area contributed by atoms with Crippen LogP contribution in [0.3, 0.4) is 0 Å². The van der Waals surface area contributed by atoms with Gasteiger partial charge in [-0.1, -0.05) is 36.4 Å². The molecule has 2 amide bonds. The van der Waals surface area contributed by atoms with Crippen LogP contribution in [-0.2, 0) is 25.6 Å². The number of urea groups is 1. The van der Waals surface area contributed by atoms with Crippen molar-refractivity contribution in [3.05, 3.63) is 65.2 Å². The molecule has 2 aromatic rings. The molecule has 3 aliphatic heterocycles. The molecule has 3 heterocycles. The van der Waals surface area contributed by atoms with Crippen LogP contribution in [0.25, 0.3) is 0 Å². The fourth-order valence-corrected chi connectivity index (χ4v) is 9.57. The summed E-state index contributed by atoms with van der Waals surface area (Å²) in [5, 5.41) is 16.0. The maximum atomic E-state index is 13.1. The summed E-state index contributed by atoms with van der Waals surface area (Å²) in [6, 6.07) is 15.8. The average molecular weight is 618 g/mol. The van der Waals surface area contributed by atoms with Gasteiger partial charge < -0.3 is 39.6 Å². The first-order valence-electron chi connectivity index (χ1n) is 17.1. The zero-order valence-electron chi connectivity index (χ0n) is 26.1. The molecule has 0 radical (unpaired) electrons. The summed E-state index contributed by atoms with van der Waals surface area (Å²) in [7, 11) is 0. The van der Waals surface area contributed by atoms with Crippen molar-refractivity contribution in [3.63, 3.8) is 0 Å². The number of nitrogens with one attached hydrogen (secondary N) is 2. The van der Waals surface area contributed by atoms with Crippen LogP contribution >= 0.6 is 0 Å². The van der Waals surface area contributed by atoms with E-state index in [1.807, 2.05) is 48.5 Å². The van der Waals surface area contributed by atoms with Crippen LogP contribution in [0.2, 0.25) is 0 Å². The van der Waals surface area contributed by atoms with E-state index in [1.54, 1.807) is 0 Å². The number of benzene rings is 2. The van der Waals surface area contributed by atoms with E-state index in [4.69, 9.17) is 18.9 Å². The molecule has 242 valence electrons.